The summed E-state index contributed by atoms with van der Waals surface area (Å²) in [5, 5.41) is 2.71. The molecule has 2 fully saturated rings. The van der Waals surface area contributed by atoms with Crippen molar-refractivity contribution in [3.05, 3.63) is 29.3 Å². The first-order valence-electron chi connectivity index (χ1n) is 8.85. The van der Waals surface area contributed by atoms with E-state index in [4.69, 9.17) is 4.74 Å². The van der Waals surface area contributed by atoms with E-state index in [-0.39, 0.29) is 18.1 Å². The summed E-state index contributed by atoms with van der Waals surface area (Å²) < 4.78 is 5.35. The minimum absolute atomic E-state index is 0.112. The first kappa shape index (κ1) is 16.8. The van der Waals surface area contributed by atoms with Gasteiger partial charge in [-0.15, -0.1) is 0 Å². The number of nitrogens with one attached hydrogen (secondary N) is 1. The van der Waals surface area contributed by atoms with E-state index in [1.54, 1.807) is 4.90 Å². The van der Waals surface area contributed by atoms with Crippen LogP contribution in [0.1, 0.15) is 43.7 Å². The van der Waals surface area contributed by atoms with Crippen molar-refractivity contribution in [3.8, 4) is 0 Å². The van der Waals surface area contributed by atoms with Crippen molar-refractivity contribution in [2.45, 2.75) is 52.1 Å². The number of ether oxygens (including phenoxy) is 1. The van der Waals surface area contributed by atoms with Crippen molar-refractivity contribution in [2.24, 2.45) is 5.92 Å². The molecule has 1 saturated heterocycles. The Bertz CT molecular complexity index is 623. The van der Waals surface area contributed by atoms with Crippen molar-refractivity contribution in [2.75, 3.05) is 18.0 Å². The Morgan fingerprint density at radius 1 is 1.33 bits per heavy atom. The number of amides is 2. The van der Waals surface area contributed by atoms with Crippen LogP contribution in [0.2, 0.25) is 0 Å². The molecule has 0 unspecified atom stereocenters. The van der Waals surface area contributed by atoms with E-state index in [0.717, 1.165) is 18.0 Å². The molecule has 0 bridgehead atoms. The summed E-state index contributed by atoms with van der Waals surface area (Å²) in [7, 11) is 0. The van der Waals surface area contributed by atoms with Crippen LogP contribution in [0.3, 0.4) is 0 Å². The van der Waals surface area contributed by atoms with Crippen LogP contribution in [0.5, 0.6) is 0 Å². The van der Waals surface area contributed by atoms with Gasteiger partial charge in [0.25, 0.3) is 0 Å². The number of hydrogen-bond acceptors (Lipinski definition) is 3. The number of carbonyl (C=O) groups is 2. The highest BCUT2D eigenvalue weighted by Gasteiger charge is 2.32. The highest BCUT2D eigenvalue weighted by Crippen LogP contribution is 2.31. The molecule has 1 saturated carbocycles. The van der Waals surface area contributed by atoms with Crippen LogP contribution in [0.15, 0.2) is 18.2 Å². The Labute approximate surface area is 143 Å². The number of nitrogens with zero attached hydrogens (tertiary/aromatic N) is 1. The van der Waals surface area contributed by atoms with Gasteiger partial charge in [-0.2, -0.15) is 0 Å². The second-order valence-corrected chi connectivity index (χ2v) is 7.02. The lowest BCUT2D eigenvalue weighted by molar-refractivity contribution is -0.119. The first-order chi connectivity index (χ1) is 11.5. The van der Waals surface area contributed by atoms with Crippen LogP contribution in [0.25, 0.3) is 0 Å². The van der Waals surface area contributed by atoms with E-state index in [1.807, 2.05) is 6.07 Å². The molecular weight excluding hydrogens is 304 g/mol. The van der Waals surface area contributed by atoms with Gasteiger partial charge >= 0.3 is 6.09 Å². The summed E-state index contributed by atoms with van der Waals surface area (Å²) >= 11 is 0. The van der Waals surface area contributed by atoms with E-state index < -0.39 is 0 Å². The number of anilines is 1. The van der Waals surface area contributed by atoms with Crippen LogP contribution in [0, 0.1) is 12.8 Å². The summed E-state index contributed by atoms with van der Waals surface area (Å²) in [5.74, 6) is 0.663. The summed E-state index contributed by atoms with van der Waals surface area (Å²) in [6.45, 7) is 4.43. The number of benzene rings is 1. The molecule has 2 aliphatic rings. The zero-order valence-corrected chi connectivity index (χ0v) is 14.5. The van der Waals surface area contributed by atoms with E-state index in [0.29, 0.717) is 13.1 Å². The predicted octanol–water partition coefficient (Wildman–Crippen LogP) is 3.19. The van der Waals surface area contributed by atoms with Crippen LogP contribution >= 0.6 is 0 Å². The Morgan fingerprint density at radius 2 is 2.08 bits per heavy atom. The molecule has 1 atom stereocenters. The van der Waals surface area contributed by atoms with Gasteiger partial charge in [0.05, 0.1) is 13.1 Å². The minimum Gasteiger partial charge on any atom is -0.442 e. The average molecular weight is 330 g/mol. The van der Waals surface area contributed by atoms with E-state index in [9.17, 15) is 9.59 Å². The topological polar surface area (TPSA) is 58.6 Å². The molecule has 3 rings (SSSR count). The first-order valence-corrected chi connectivity index (χ1v) is 8.85. The highest BCUT2D eigenvalue weighted by molar-refractivity contribution is 5.90. The summed E-state index contributed by atoms with van der Waals surface area (Å²) in [6, 6.07) is 6.21. The van der Waals surface area contributed by atoms with Gasteiger partial charge in [-0.3, -0.25) is 9.69 Å². The number of rotatable bonds is 5. The molecule has 24 heavy (non-hydrogen) atoms. The molecule has 5 nitrogen and oxygen atoms in total. The van der Waals surface area contributed by atoms with Crippen LogP contribution < -0.4 is 10.2 Å². The quantitative estimate of drug-likeness (QED) is 0.902. The molecule has 130 valence electrons. The lowest BCUT2D eigenvalue weighted by Gasteiger charge is -2.17. The Hall–Kier alpha value is -2.04. The zero-order valence-electron chi connectivity index (χ0n) is 14.5. The van der Waals surface area contributed by atoms with Gasteiger partial charge in [0.15, 0.2) is 0 Å². The average Bonchev–Trinajstić information content (AvgIpc) is 3.17. The van der Waals surface area contributed by atoms with Crippen molar-refractivity contribution < 1.29 is 14.3 Å². The van der Waals surface area contributed by atoms with Gasteiger partial charge in [-0.05, 0) is 42.5 Å². The van der Waals surface area contributed by atoms with Crippen LogP contribution in [0.4, 0.5) is 10.5 Å². The molecule has 0 aromatic heterocycles. The number of hydrogen-bond donors (Lipinski definition) is 1. The molecule has 1 aliphatic heterocycles. The van der Waals surface area contributed by atoms with E-state index in [2.05, 4.69) is 24.4 Å². The lowest BCUT2D eigenvalue weighted by Crippen LogP contribution is -2.33. The molecule has 1 N–H and O–H groups in total. The molecule has 1 aliphatic carbocycles. The largest absolute Gasteiger partial charge is 0.442 e. The van der Waals surface area contributed by atoms with E-state index >= 15 is 0 Å². The SMILES string of the molecule is CC(=O)NC[C@H]1CN(c2ccc(C)c(CC3CCCC3)c2)C(=O)O1. The maximum Gasteiger partial charge on any atom is 0.414 e. The molecule has 1 aromatic rings. The van der Waals surface area contributed by atoms with Gasteiger partial charge in [-0.25, -0.2) is 4.79 Å². The molecule has 5 heteroatoms. The van der Waals surface area contributed by atoms with E-state index in [1.165, 1.54) is 43.7 Å². The maximum atomic E-state index is 12.2. The number of aryl methyl sites for hydroxylation is 1. The van der Waals surface area contributed by atoms with Gasteiger partial charge < -0.3 is 10.1 Å². The standard InChI is InChI=1S/C19H26N2O3/c1-13-7-8-17(10-16(13)9-15-5-3-4-6-15)21-12-18(24-19(21)23)11-20-14(2)22/h7-8,10,15,18H,3-6,9,11-12H2,1-2H3,(H,20,22)/t18-/m0/s1. The number of carbonyl (C=O) groups excluding carboxylic acids is 2. The second kappa shape index (κ2) is 7.24. The monoisotopic (exact) mass is 330 g/mol. The van der Waals surface area contributed by atoms with Crippen LogP contribution in [-0.2, 0) is 16.0 Å². The van der Waals surface area contributed by atoms with Crippen molar-refractivity contribution >= 4 is 17.7 Å². The molecule has 1 heterocycles. The third kappa shape index (κ3) is 3.89. The predicted molar refractivity (Wildman–Crippen MR) is 93.1 cm³/mol. The lowest BCUT2D eigenvalue weighted by atomic mass is 9.94. The maximum absolute atomic E-state index is 12.2. The Morgan fingerprint density at radius 3 is 2.79 bits per heavy atom. The summed E-state index contributed by atoms with van der Waals surface area (Å²) in [5.41, 5.74) is 3.51. The van der Waals surface area contributed by atoms with Crippen molar-refractivity contribution in [1.82, 2.24) is 5.32 Å². The minimum atomic E-state index is -0.332. The molecule has 0 radical (unpaired) electrons. The van der Waals surface area contributed by atoms with Crippen LogP contribution in [-0.4, -0.2) is 31.2 Å². The van der Waals surface area contributed by atoms with Gasteiger partial charge in [0, 0.05) is 12.6 Å². The zero-order chi connectivity index (χ0) is 17.1. The molecule has 1 aromatic carbocycles. The Kier molecular flexibility index (Phi) is 5.07. The fraction of sp³-hybridized carbons (Fsp3) is 0.579. The Balaban J connectivity index is 1.69. The van der Waals surface area contributed by atoms with Crippen molar-refractivity contribution in [1.29, 1.82) is 0 Å². The van der Waals surface area contributed by atoms with Gasteiger partial charge in [-0.1, -0.05) is 31.7 Å². The highest BCUT2D eigenvalue weighted by atomic mass is 16.6. The van der Waals surface area contributed by atoms with Gasteiger partial charge in [0.1, 0.15) is 6.10 Å². The summed E-state index contributed by atoms with van der Waals surface area (Å²) in [4.78, 5) is 24.8. The fourth-order valence-corrected chi connectivity index (χ4v) is 3.67. The third-order valence-corrected chi connectivity index (χ3v) is 5.08. The van der Waals surface area contributed by atoms with Gasteiger partial charge in [0.2, 0.25) is 5.91 Å². The molecule has 2 amide bonds. The molecular formula is C19H26N2O3. The second-order valence-electron chi connectivity index (χ2n) is 7.02. The normalized spacial score (nSPS) is 21.2. The smallest absolute Gasteiger partial charge is 0.414 e. The summed E-state index contributed by atoms with van der Waals surface area (Å²) in [6.07, 6.45) is 5.78. The van der Waals surface area contributed by atoms with Crippen molar-refractivity contribution in [3.63, 3.8) is 0 Å². The number of cyclic esters (lactones) is 1. The molecule has 0 spiro atoms. The fourth-order valence-electron chi connectivity index (χ4n) is 3.67. The third-order valence-electron chi connectivity index (χ3n) is 5.08.